The van der Waals surface area contributed by atoms with E-state index in [9.17, 15) is 13.2 Å². The van der Waals surface area contributed by atoms with Crippen molar-refractivity contribution in [2.45, 2.75) is 31.2 Å². The Morgan fingerprint density at radius 3 is 2.36 bits per heavy atom. The third-order valence-corrected chi connectivity index (χ3v) is 5.15. The number of carbonyl (C=O) groups excluding carboxylic acids is 1. The molecule has 25 heavy (non-hydrogen) atoms. The first-order chi connectivity index (χ1) is 11.7. The molecule has 0 aliphatic rings. The van der Waals surface area contributed by atoms with Crippen LogP contribution < -0.4 is 16.2 Å². The summed E-state index contributed by atoms with van der Waals surface area (Å²) in [4.78, 5) is 12.5. The molecule has 2 atom stereocenters. The number of primary sulfonamides is 1. The number of hydrogen-bond donors (Lipinski definition) is 3. The van der Waals surface area contributed by atoms with Crippen molar-refractivity contribution in [1.29, 1.82) is 0 Å². The van der Waals surface area contributed by atoms with Crippen LogP contribution in [0.3, 0.4) is 0 Å². The van der Waals surface area contributed by atoms with Crippen LogP contribution in [0.25, 0.3) is 0 Å². The van der Waals surface area contributed by atoms with E-state index in [0.29, 0.717) is 17.7 Å². The zero-order valence-electron chi connectivity index (χ0n) is 14.3. The molecule has 2 aromatic carbocycles. The van der Waals surface area contributed by atoms with Crippen LogP contribution in [-0.4, -0.2) is 14.3 Å². The number of nitrogens with two attached hydrogens (primary N) is 2. The summed E-state index contributed by atoms with van der Waals surface area (Å²) in [5.41, 5.74) is 8.00. The minimum Gasteiger partial charge on any atom is -0.326 e. The van der Waals surface area contributed by atoms with Gasteiger partial charge in [0.15, 0.2) is 0 Å². The highest BCUT2D eigenvalue weighted by molar-refractivity contribution is 7.89. The van der Waals surface area contributed by atoms with E-state index in [4.69, 9.17) is 10.9 Å². The van der Waals surface area contributed by atoms with Crippen LogP contribution in [0.4, 0.5) is 5.69 Å². The lowest BCUT2D eigenvalue weighted by Gasteiger charge is -2.20. The first-order valence-electron chi connectivity index (χ1n) is 8.01. The lowest BCUT2D eigenvalue weighted by atomic mass is 9.94. The Bertz CT molecular complexity index is 851. The van der Waals surface area contributed by atoms with Gasteiger partial charge in [-0.25, -0.2) is 13.6 Å². The second-order valence-electron chi connectivity index (χ2n) is 5.94. The standard InChI is InChI=1S/C18H23N3O3S/c1-3-13-9-10-15(11-16(13)25(20,23)24)21-18(22)12(2)17(19)14-7-5-4-6-8-14/h4-12,17H,3,19H2,1-2H3,(H,21,22)(H2,20,23,24). The molecule has 2 rings (SSSR count). The number of nitrogens with one attached hydrogen (secondary N) is 1. The maximum Gasteiger partial charge on any atom is 0.238 e. The molecule has 0 saturated heterocycles. The van der Waals surface area contributed by atoms with Gasteiger partial charge in [-0.15, -0.1) is 0 Å². The summed E-state index contributed by atoms with van der Waals surface area (Å²) < 4.78 is 23.4. The van der Waals surface area contributed by atoms with Crippen molar-refractivity contribution in [3.63, 3.8) is 0 Å². The molecular weight excluding hydrogens is 338 g/mol. The molecule has 0 bridgehead atoms. The fraction of sp³-hybridized carbons (Fsp3) is 0.278. The summed E-state index contributed by atoms with van der Waals surface area (Å²) in [5, 5.41) is 7.97. The first kappa shape index (κ1) is 19.1. The predicted octanol–water partition coefficient (Wildman–Crippen LogP) is 2.17. The fourth-order valence-electron chi connectivity index (χ4n) is 2.57. The number of anilines is 1. The van der Waals surface area contributed by atoms with E-state index in [1.165, 1.54) is 6.07 Å². The van der Waals surface area contributed by atoms with Crippen molar-refractivity contribution in [3.8, 4) is 0 Å². The van der Waals surface area contributed by atoms with Gasteiger partial charge in [0, 0.05) is 11.7 Å². The van der Waals surface area contributed by atoms with Gasteiger partial charge in [0.1, 0.15) is 0 Å². The third kappa shape index (κ3) is 4.66. The average Bonchev–Trinajstić information content (AvgIpc) is 2.60. The van der Waals surface area contributed by atoms with Crippen LogP contribution >= 0.6 is 0 Å². The molecule has 6 nitrogen and oxygen atoms in total. The highest BCUT2D eigenvalue weighted by atomic mass is 32.2. The molecule has 0 heterocycles. The van der Waals surface area contributed by atoms with Crippen LogP contribution in [0.15, 0.2) is 53.4 Å². The molecule has 2 aromatic rings. The van der Waals surface area contributed by atoms with Gasteiger partial charge in [0.05, 0.1) is 10.8 Å². The Hall–Kier alpha value is -2.22. The molecule has 0 spiro atoms. The average molecular weight is 361 g/mol. The number of hydrogen-bond acceptors (Lipinski definition) is 4. The van der Waals surface area contributed by atoms with E-state index < -0.39 is 22.0 Å². The van der Waals surface area contributed by atoms with Crippen LogP contribution in [-0.2, 0) is 21.2 Å². The summed E-state index contributed by atoms with van der Waals surface area (Å²) in [6.45, 7) is 3.57. The van der Waals surface area contributed by atoms with Gasteiger partial charge in [-0.05, 0) is 29.7 Å². The van der Waals surface area contributed by atoms with E-state index in [0.717, 1.165) is 5.56 Å². The second-order valence-corrected chi connectivity index (χ2v) is 7.47. The summed E-state index contributed by atoms with van der Waals surface area (Å²) in [6, 6.07) is 13.6. The van der Waals surface area contributed by atoms with E-state index in [1.807, 2.05) is 37.3 Å². The van der Waals surface area contributed by atoms with Gasteiger partial charge < -0.3 is 11.1 Å². The van der Waals surface area contributed by atoms with E-state index in [-0.39, 0.29) is 10.8 Å². The van der Waals surface area contributed by atoms with Gasteiger partial charge in [-0.1, -0.05) is 50.2 Å². The molecule has 0 saturated carbocycles. The van der Waals surface area contributed by atoms with E-state index >= 15 is 0 Å². The Balaban J connectivity index is 2.20. The zero-order chi connectivity index (χ0) is 18.6. The van der Waals surface area contributed by atoms with E-state index in [1.54, 1.807) is 19.1 Å². The molecule has 7 heteroatoms. The largest absolute Gasteiger partial charge is 0.326 e. The van der Waals surface area contributed by atoms with Crippen molar-refractivity contribution < 1.29 is 13.2 Å². The molecule has 134 valence electrons. The molecule has 5 N–H and O–H groups in total. The third-order valence-electron chi connectivity index (χ3n) is 4.16. The highest BCUT2D eigenvalue weighted by Crippen LogP contribution is 2.23. The molecule has 0 radical (unpaired) electrons. The Morgan fingerprint density at radius 1 is 1.16 bits per heavy atom. The Morgan fingerprint density at radius 2 is 1.80 bits per heavy atom. The Labute approximate surface area is 148 Å². The monoisotopic (exact) mass is 361 g/mol. The molecule has 0 aromatic heterocycles. The number of benzene rings is 2. The topological polar surface area (TPSA) is 115 Å². The van der Waals surface area contributed by atoms with Gasteiger partial charge >= 0.3 is 0 Å². The lowest BCUT2D eigenvalue weighted by Crippen LogP contribution is -2.30. The second kappa shape index (κ2) is 7.77. The lowest BCUT2D eigenvalue weighted by molar-refractivity contribution is -0.120. The van der Waals surface area contributed by atoms with Crippen molar-refractivity contribution in [2.24, 2.45) is 16.8 Å². The molecule has 2 unspecified atom stereocenters. The molecule has 0 fully saturated rings. The van der Waals surface area contributed by atoms with E-state index in [2.05, 4.69) is 5.32 Å². The summed E-state index contributed by atoms with van der Waals surface area (Å²) in [7, 11) is -3.86. The first-order valence-corrected chi connectivity index (χ1v) is 9.55. The number of carbonyl (C=O) groups is 1. The smallest absolute Gasteiger partial charge is 0.238 e. The fourth-order valence-corrected chi connectivity index (χ4v) is 3.44. The molecule has 0 aliphatic carbocycles. The zero-order valence-corrected chi connectivity index (χ0v) is 15.1. The van der Waals surface area contributed by atoms with Gasteiger partial charge in [0.2, 0.25) is 15.9 Å². The molecular formula is C18H23N3O3S. The number of rotatable bonds is 6. The quantitative estimate of drug-likeness (QED) is 0.731. The van der Waals surface area contributed by atoms with Crippen LogP contribution in [0, 0.1) is 5.92 Å². The van der Waals surface area contributed by atoms with Crippen LogP contribution in [0.2, 0.25) is 0 Å². The maximum absolute atomic E-state index is 12.5. The minimum atomic E-state index is -3.86. The van der Waals surface area contributed by atoms with Crippen molar-refractivity contribution >= 4 is 21.6 Å². The van der Waals surface area contributed by atoms with Gasteiger partial charge in [-0.2, -0.15) is 0 Å². The van der Waals surface area contributed by atoms with Crippen molar-refractivity contribution in [3.05, 3.63) is 59.7 Å². The summed E-state index contributed by atoms with van der Waals surface area (Å²) in [6.07, 6.45) is 0.523. The van der Waals surface area contributed by atoms with Crippen molar-refractivity contribution in [2.75, 3.05) is 5.32 Å². The minimum absolute atomic E-state index is 0.0211. The van der Waals surface area contributed by atoms with Crippen LogP contribution in [0.5, 0.6) is 0 Å². The van der Waals surface area contributed by atoms with Crippen molar-refractivity contribution in [1.82, 2.24) is 0 Å². The normalized spacial score (nSPS) is 13.9. The maximum atomic E-state index is 12.5. The SMILES string of the molecule is CCc1ccc(NC(=O)C(C)C(N)c2ccccc2)cc1S(N)(=O)=O. The summed E-state index contributed by atoms with van der Waals surface area (Å²) >= 11 is 0. The number of amides is 1. The number of sulfonamides is 1. The Kier molecular flexibility index (Phi) is 5.94. The summed E-state index contributed by atoms with van der Waals surface area (Å²) in [5.74, 6) is -0.785. The molecule has 0 aliphatic heterocycles. The highest BCUT2D eigenvalue weighted by Gasteiger charge is 2.23. The van der Waals surface area contributed by atoms with Gasteiger partial charge in [-0.3, -0.25) is 4.79 Å². The number of aryl methyl sites for hydroxylation is 1. The predicted molar refractivity (Wildman–Crippen MR) is 98.4 cm³/mol. The van der Waals surface area contributed by atoms with Crippen LogP contribution in [0.1, 0.15) is 31.0 Å². The van der Waals surface area contributed by atoms with Gasteiger partial charge in [0.25, 0.3) is 0 Å². The molecule has 1 amide bonds.